The quantitative estimate of drug-likeness (QED) is 0.220. The van der Waals surface area contributed by atoms with E-state index in [2.05, 4.69) is 16.0 Å². The number of rotatable bonds is 13. The SMILES string of the molecule is Cc1cc(O)cc(C)c1C[C@H](NC(=O)OC(C)(C)C)C(=O)NC(CCCN)C(=O)NC[C@@H](N)Cc1ccccc1. The highest BCUT2D eigenvalue weighted by atomic mass is 16.6. The van der Waals surface area contributed by atoms with Crippen molar-refractivity contribution in [2.24, 2.45) is 11.5 Å². The van der Waals surface area contributed by atoms with Gasteiger partial charge in [-0.2, -0.15) is 0 Å². The second-order valence-electron chi connectivity index (χ2n) is 11.1. The molecule has 3 amide bonds. The van der Waals surface area contributed by atoms with Crippen molar-refractivity contribution in [1.82, 2.24) is 16.0 Å². The molecule has 0 spiro atoms. The zero-order valence-corrected chi connectivity index (χ0v) is 24.3. The van der Waals surface area contributed by atoms with E-state index in [4.69, 9.17) is 16.2 Å². The van der Waals surface area contributed by atoms with E-state index in [0.717, 1.165) is 22.3 Å². The summed E-state index contributed by atoms with van der Waals surface area (Å²) in [5.74, 6) is -0.800. The Morgan fingerprint density at radius 2 is 1.57 bits per heavy atom. The number of hydrogen-bond donors (Lipinski definition) is 6. The predicted molar refractivity (Wildman–Crippen MR) is 156 cm³/mol. The molecule has 10 heteroatoms. The van der Waals surface area contributed by atoms with Crippen LogP contribution in [0.1, 0.15) is 55.9 Å². The molecule has 0 aromatic heterocycles. The lowest BCUT2D eigenvalue weighted by Crippen LogP contribution is -2.55. The third kappa shape index (κ3) is 11.2. The van der Waals surface area contributed by atoms with Gasteiger partial charge in [0.05, 0.1) is 0 Å². The van der Waals surface area contributed by atoms with Gasteiger partial charge in [0.1, 0.15) is 23.4 Å². The number of benzene rings is 2. The number of amides is 3. The highest BCUT2D eigenvalue weighted by molar-refractivity contribution is 5.91. The third-order valence-electron chi connectivity index (χ3n) is 6.31. The van der Waals surface area contributed by atoms with Crippen molar-refractivity contribution in [2.45, 2.75) is 84.0 Å². The Morgan fingerprint density at radius 1 is 0.950 bits per heavy atom. The average Bonchev–Trinajstić information content (AvgIpc) is 2.85. The number of aromatic hydroxyl groups is 1. The summed E-state index contributed by atoms with van der Waals surface area (Å²) >= 11 is 0. The summed E-state index contributed by atoms with van der Waals surface area (Å²) < 4.78 is 5.39. The van der Waals surface area contributed by atoms with E-state index in [1.807, 2.05) is 44.2 Å². The minimum absolute atomic E-state index is 0.115. The lowest BCUT2D eigenvalue weighted by Gasteiger charge is -2.26. The van der Waals surface area contributed by atoms with Crippen LogP contribution in [0.5, 0.6) is 5.75 Å². The number of alkyl carbamates (subject to hydrolysis) is 1. The monoisotopic (exact) mass is 555 g/mol. The number of phenols is 1. The van der Waals surface area contributed by atoms with Crippen molar-refractivity contribution in [2.75, 3.05) is 13.1 Å². The number of aryl methyl sites for hydroxylation is 2. The molecule has 10 nitrogen and oxygen atoms in total. The van der Waals surface area contributed by atoms with Crippen LogP contribution in [0.15, 0.2) is 42.5 Å². The first-order valence-electron chi connectivity index (χ1n) is 13.6. The van der Waals surface area contributed by atoms with Gasteiger partial charge in [-0.3, -0.25) is 9.59 Å². The topological polar surface area (TPSA) is 169 Å². The van der Waals surface area contributed by atoms with Crippen LogP contribution in [0, 0.1) is 13.8 Å². The molecule has 2 rings (SSSR count). The summed E-state index contributed by atoms with van der Waals surface area (Å²) in [5.41, 5.74) is 14.6. The zero-order chi connectivity index (χ0) is 29.9. The number of hydrogen-bond acceptors (Lipinski definition) is 7. The van der Waals surface area contributed by atoms with Crippen molar-refractivity contribution in [3.8, 4) is 5.75 Å². The smallest absolute Gasteiger partial charge is 0.408 e. The van der Waals surface area contributed by atoms with Crippen molar-refractivity contribution in [1.29, 1.82) is 0 Å². The molecule has 0 aliphatic carbocycles. The Balaban J connectivity index is 2.17. The van der Waals surface area contributed by atoms with Gasteiger partial charge < -0.3 is 37.3 Å². The molecule has 40 heavy (non-hydrogen) atoms. The Bertz CT molecular complexity index is 1110. The van der Waals surface area contributed by atoms with E-state index in [9.17, 15) is 19.5 Å². The van der Waals surface area contributed by atoms with Gasteiger partial charge in [-0.1, -0.05) is 30.3 Å². The fourth-order valence-electron chi connectivity index (χ4n) is 4.36. The molecule has 0 fully saturated rings. The van der Waals surface area contributed by atoms with Crippen LogP contribution < -0.4 is 27.4 Å². The molecule has 3 atom stereocenters. The molecule has 0 saturated carbocycles. The Hall–Kier alpha value is -3.63. The van der Waals surface area contributed by atoms with E-state index >= 15 is 0 Å². The Morgan fingerprint density at radius 3 is 2.15 bits per heavy atom. The zero-order valence-electron chi connectivity index (χ0n) is 24.3. The molecule has 1 unspecified atom stereocenters. The van der Waals surface area contributed by atoms with Crippen LogP contribution in [0.2, 0.25) is 0 Å². The van der Waals surface area contributed by atoms with E-state index in [0.29, 0.717) is 25.8 Å². The first kappa shape index (κ1) is 32.6. The summed E-state index contributed by atoms with van der Waals surface area (Å²) in [6.45, 7) is 9.40. The van der Waals surface area contributed by atoms with Crippen molar-refractivity contribution >= 4 is 17.9 Å². The molecule has 0 aliphatic heterocycles. The largest absolute Gasteiger partial charge is 0.508 e. The van der Waals surface area contributed by atoms with Crippen LogP contribution in [0.3, 0.4) is 0 Å². The number of nitrogens with two attached hydrogens (primary N) is 2. The van der Waals surface area contributed by atoms with E-state index < -0.39 is 29.7 Å². The minimum Gasteiger partial charge on any atom is -0.508 e. The van der Waals surface area contributed by atoms with Gasteiger partial charge in [-0.05, 0) is 94.8 Å². The lowest BCUT2D eigenvalue weighted by atomic mass is 9.95. The molecular weight excluding hydrogens is 510 g/mol. The highest BCUT2D eigenvalue weighted by Crippen LogP contribution is 2.22. The van der Waals surface area contributed by atoms with Crippen LogP contribution in [-0.4, -0.2) is 59.8 Å². The van der Waals surface area contributed by atoms with E-state index in [1.54, 1.807) is 32.9 Å². The third-order valence-corrected chi connectivity index (χ3v) is 6.31. The molecule has 0 heterocycles. The molecule has 2 aromatic carbocycles. The lowest BCUT2D eigenvalue weighted by molar-refractivity contribution is -0.130. The molecule has 220 valence electrons. The molecular formula is C30H45N5O5. The summed E-state index contributed by atoms with van der Waals surface area (Å²) in [5, 5.41) is 18.2. The van der Waals surface area contributed by atoms with Crippen LogP contribution in [0.25, 0.3) is 0 Å². The second kappa shape index (κ2) is 15.2. The predicted octanol–water partition coefficient (Wildman–Crippen LogP) is 2.35. The van der Waals surface area contributed by atoms with E-state index in [1.165, 1.54) is 0 Å². The molecule has 0 radical (unpaired) electrons. The van der Waals surface area contributed by atoms with Gasteiger partial charge in [-0.25, -0.2) is 4.79 Å². The number of carbonyl (C=O) groups excluding carboxylic acids is 3. The molecule has 0 saturated heterocycles. The van der Waals surface area contributed by atoms with Gasteiger partial charge in [0.2, 0.25) is 11.8 Å². The standard InChI is InChI=1S/C30H45N5O5/c1-19-14-23(36)15-20(2)24(19)17-26(35-29(39)40-30(3,4)5)28(38)34-25(12-9-13-31)27(37)33-18-22(32)16-21-10-7-6-8-11-21/h6-8,10-11,14-15,22,25-26,36H,9,12-13,16-18,31-32H2,1-5H3,(H,33,37)(H,34,38)(H,35,39)/t22-,25?,26-/m0/s1. The summed E-state index contributed by atoms with van der Waals surface area (Å²) in [6.07, 6.45) is 0.800. The van der Waals surface area contributed by atoms with Crippen LogP contribution in [-0.2, 0) is 27.2 Å². The fourth-order valence-corrected chi connectivity index (χ4v) is 4.36. The van der Waals surface area contributed by atoms with Crippen molar-refractivity contribution in [3.63, 3.8) is 0 Å². The van der Waals surface area contributed by atoms with Gasteiger partial charge in [-0.15, -0.1) is 0 Å². The maximum Gasteiger partial charge on any atom is 0.408 e. The summed E-state index contributed by atoms with van der Waals surface area (Å²) in [6, 6.07) is 10.7. The van der Waals surface area contributed by atoms with Crippen molar-refractivity contribution < 1.29 is 24.2 Å². The van der Waals surface area contributed by atoms with Gasteiger partial charge in [0.15, 0.2) is 0 Å². The maximum atomic E-state index is 13.5. The number of phenolic OH excluding ortho intramolecular Hbond substituents is 1. The molecule has 2 aromatic rings. The molecule has 0 bridgehead atoms. The maximum absolute atomic E-state index is 13.5. The van der Waals surface area contributed by atoms with Gasteiger partial charge in [0, 0.05) is 19.0 Å². The van der Waals surface area contributed by atoms with Crippen LogP contribution in [0.4, 0.5) is 4.79 Å². The average molecular weight is 556 g/mol. The van der Waals surface area contributed by atoms with Crippen molar-refractivity contribution in [3.05, 3.63) is 64.7 Å². The molecule has 0 aliphatic rings. The number of nitrogens with one attached hydrogen (secondary N) is 3. The number of carbonyl (C=O) groups is 3. The summed E-state index contributed by atoms with van der Waals surface area (Å²) in [7, 11) is 0. The van der Waals surface area contributed by atoms with E-state index in [-0.39, 0.29) is 30.7 Å². The summed E-state index contributed by atoms with van der Waals surface area (Å²) in [4.78, 5) is 39.3. The second-order valence-corrected chi connectivity index (χ2v) is 11.1. The molecule has 8 N–H and O–H groups in total. The van der Waals surface area contributed by atoms with Gasteiger partial charge in [0.25, 0.3) is 0 Å². The highest BCUT2D eigenvalue weighted by Gasteiger charge is 2.29. The van der Waals surface area contributed by atoms with Gasteiger partial charge >= 0.3 is 6.09 Å². The fraction of sp³-hybridized carbons (Fsp3) is 0.500. The number of ether oxygens (including phenoxy) is 1. The normalized spacial score (nSPS) is 13.6. The first-order chi connectivity index (χ1) is 18.8. The van der Waals surface area contributed by atoms with Crippen LogP contribution >= 0.6 is 0 Å². The Labute approximate surface area is 237 Å². The first-order valence-corrected chi connectivity index (χ1v) is 13.6. The minimum atomic E-state index is -1.04. The Kier molecular flexibility index (Phi) is 12.4.